The Morgan fingerprint density at radius 3 is 2.40 bits per heavy atom. The van der Waals surface area contributed by atoms with E-state index in [0.717, 1.165) is 45.6 Å². The fraction of sp³-hybridized carbons (Fsp3) is 0.562. The van der Waals surface area contributed by atoms with Gasteiger partial charge in [-0.25, -0.2) is 4.79 Å². The van der Waals surface area contributed by atoms with Gasteiger partial charge in [0.2, 0.25) is 0 Å². The molecule has 4 heteroatoms. The molecule has 1 aromatic rings. The van der Waals surface area contributed by atoms with Gasteiger partial charge in [-0.05, 0) is 24.8 Å². The first-order valence-electron chi connectivity index (χ1n) is 7.63. The molecule has 0 unspecified atom stereocenters. The molecule has 1 aliphatic carbocycles. The molecule has 1 N–H and O–H groups in total. The van der Waals surface area contributed by atoms with Crippen molar-refractivity contribution in [1.29, 1.82) is 0 Å². The van der Waals surface area contributed by atoms with Crippen LogP contribution in [0, 0.1) is 0 Å². The van der Waals surface area contributed by atoms with Gasteiger partial charge in [0.1, 0.15) is 0 Å². The van der Waals surface area contributed by atoms with E-state index in [9.17, 15) is 4.79 Å². The number of hydrogen-bond donors (Lipinski definition) is 1. The Labute approximate surface area is 120 Å². The summed E-state index contributed by atoms with van der Waals surface area (Å²) in [5.74, 6) is 0. The van der Waals surface area contributed by atoms with Crippen molar-refractivity contribution in [1.82, 2.24) is 15.1 Å². The lowest BCUT2D eigenvalue weighted by atomic mass is 9.93. The summed E-state index contributed by atoms with van der Waals surface area (Å²) >= 11 is 0. The number of hydrogen-bond acceptors (Lipinski definition) is 2. The maximum Gasteiger partial charge on any atom is 0.317 e. The molecular weight excluding hydrogens is 250 g/mol. The van der Waals surface area contributed by atoms with E-state index >= 15 is 0 Å². The van der Waals surface area contributed by atoms with Crippen LogP contribution in [0.15, 0.2) is 30.3 Å². The lowest BCUT2D eigenvalue weighted by molar-refractivity contribution is 0.130. The van der Waals surface area contributed by atoms with Crippen molar-refractivity contribution in [2.45, 2.75) is 31.8 Å². The van der Waals surface area contributed by atoms with E-state index in [2.05, 4.69) is 34.5 Å². The smallest absolute Gasteiger partial charge is 0.317 e. The van der Waals surface area contributed by atoms with Crippen LogP contribution in [0.5, 0.6) is 0 Å². The van der Waals surface area contributed by atoms with Gasteiger partial charge in [0.05, 0.1) is 0 Å². The van der Waals surface area contributed by atoms with Gasteiger partial charge in [0, 0.05) is 38.8 Å². The summed E-state index contributed by atoms with van der Waals surface area (Å²) in [5, 5.41) is 3.12. The van der Waals surface area contributed by atoms with E-state index in [1.165, 1.54) is 12.0 Å². The predicted octanol–water partition coefficient (Wildman–Crippen LogP) is 2.07. The summed E-state index contributed by atoms with van der Waals surface area (Å²) in [5.41, 5.74) is 1.35. The summed E-state index contributed by atoms with van der Waals surface area (Å²) in [6.45, 7) is 4.59. The Hall–Kier alpha value is -1.55. The van der Waals surface area contributed by atoms with Gasteiger partial charge in [-0.1, -0.05) is 30.3 Å². The first kappa shape index (κ1) is 13.4. The van der Waals surface area contributed by atoms with Crippen molar-refractivity contribution < 1.29 is 4.79 Å². The van der Waals surface area contributed by atoms with Gasteiger partial charge in [-0.2, -0.15) is 0 Å². The third kappa shape index (κ3) is 3.31. The molecule has 3 rings (SSSR count). The minimum Gasteiger partial charge on any atom is -0.335 e. The fourth-order valence-corrected chi connectivity index (χ4v) is 2.77. The van der Waals surface area contributed by atoms with Crippen molar-refractivity contribution in [2.24, 2.45) is 0 Å². The number of nitrogens with zero attached hydrogens (tertiary/aromatic N) is 2. The van der Waals surface area contributed by atoms with Crippen molar-refractivity contribution in [3.05, 3.63) is 35.9 Å². The fourth-order valence-electron chi connectivity index (χ4n) is 2.77. The Balaban J connectivity index is 1.43. The molecule has 1 heterocycles. The Bertz CT molecular complexity index is 436. The number of benzene rings is 1. The molecule has 4 nitrogen and oxygen atoms in total. The molecule has 0 atom stereocenters. The predicted molar refractivity (Wildman–Crippen MR) is 79.5 cm³/mol. The van der Waals surface area contributed by atoms with Crippen molar-refractivity contribution in [2.75, 3.05) is 26.2 Å². The van der Waals surface area contributed by atoms with Crippen LogP contribution in [0.1, 0.15) is 24.8 Å². The topological polar surface area (TPSA) is 35.6 Å². The molecule has 1 aromatic carbocycles. The standard InChI is InChI=1S/C16H23N3O/c20-16(17-15-7-4-8-15)19-11-9-18(10-12-19)13-14-5-2-1-3-6-14/h1-3,5-6,15H,4,7-13H2,(H,17,20). The minimum absolute atomic E-state index is 0.133. The highest BCUT2D eigenvalue weighted by atomic mass is 16.2. The van der Waals surface area contributed by atoms with E-state index in [0.29, 0.717) is 6.04 Å². The van der Waals surface area contributed by atoms with Crippen LogP contribution < -0.4 is 5.32 Å². The van der Waals surface area contributed by atoms with E-state index in [1.807, 2.05) is 11.0 Å². The Morgan fingerprint density at radius 2 is 1.80 bits per heavy atom. The number of urea groups is 1. The lowest BCUT2D eigenvalue weighted by Crippen LogP contribution is -2.54. The zero-order valence-corrected chi connectivity index (χ0v) is 11.9. The number of piperazine rings is 1. The first-order chi connectivity index (χ1) is 9.81. The minimum atomic E-state index is 0.133. The summed E-state index contributed by atoms with van der Waals surface area (Å²) < 4.78 is 0. The normalized spacial score (nSPS) is 20.5. The molecule has 2 aliphatic rings. The average Bonchev–Trinajstić information content (AvgIpc) is 2.44. The number of carbonyl (C=O) groups excluding carboxylic acids is 1. The largest absolute Gasteiger partial charge is 0.335 e. The molecule has 1 saturated carbocycles. The van der Waals surface area contributed by atoms with Crippen molar-refractivity contribution >= 4 is 6.03 Å². The van der Waals surface area contributed by atoms with Crippen LogP contribution in [0.25, 0.3) is 0 Å². The quantitative estimate of drug-likeness (QED) is 0.915. The van der Waals surface area contributed by atoms with Crippen molar-refractivity contribution in [3.8, 4) is 0 Å². The maximum absolute atomic E-state index is 12.1. The maximum atomic E-state index is 12.1. The van der Waals surface area contributed by atoms with E-state index < -0.39 is 0 Å². The summed E-state index contributed by atoms with van der Waals surface area (Å²) in [6, 6.07) is 11.1. The molecule has 0 aromatic heterocycles. The first-order valence-corrected chi connectivity index (χ1v) is 7.63. The molecule has 1 aliphatic heterocycles. The molecule has 2 amide bonds. The second-order valence-electron chi connectivity index (χ2n) is 5.83. The molecule has 2 fully saturated rings. The Morgan fingerprint density at radius 1 is 1.10 bits per heavy atom. The molecule has 108 valence electrons. The van der Waals surface area contributed by atoms with Crippen LogP contribution >= 0.6 is 0 Å². The number of nitrogens with one attached hydrogen (secondary N) is 1. The molecule has 0 radical (unpaired) electrons. The zero-order valence-electron chi connectivity index (χ0n) is 11.9. The number of rotatable bonds is 3. The van der Waals surface area contributed by atoms with Gasteiger partial charge < -0.3 is 10.2 Å². The number of amides is 2. The van der Waals surface area contributed by atoms with E-state index in [4.69, 9.17) is 0 Å². The highest BCUT2D eigenvalue weighted by Gasteiger charge is 2.25. The lowest BCUT2D eigenvalue weighted by Gasteiger charge is -2.36. The Kier molecular flexibility index (Phi) is 4.21. The van der Waals surface area contributed by atoms with E-state index in [-0.39, 0.29) is 6.03 Å². The zero-order chi connectivity index (χ0) is 13.8. The van der Waals surface area contributed by atoms with Crippen LogP contribution in [0.3, 0.4) is 0 Å². The number of carbonyl (C=O) groups is 1. The summed E-state index contributed by atoms with van der Waals surface area (Å²) in [7, 11) is 0. The second-order valence-corrected chi connectivity index (χ2v) is 5.83. The van der Waals surface area contributed by atoms with Gasteiger partial charge in [0.15, 0.2) is 0 Å². The van der Waals surface area contributed by atoms with Gasteiger partial charge in [0.25, 0.3) is 0 Å². The molecular formula is C16H23N3O. The van der Waals surface area contributed by atoms with Gasteiger partial charge >= 0.3 is 6.03 Å². The van der Waals surface area contributed by atoms with Crippen LogP contribution in [-0.4, -0.2) is 48.1 Å². The second kappa shape index (κ2) is 6.27. The van der Waals surface area contributed by atoms with Gasteiger partial charge in [-0.3, -0.25) is 4.90 Å². The highest BCUT2D eigenvalue weighted by molar-refractivity contribution is 5.74. The molecule has 0 bridgehead atoms. The van der Waals surface area contributed by atoms with Crippen molar-refractivity contribution in [3.63, 3.8) is 0 Å². The SMILES string of the molecule is O=C(NC1CCC1)N1CCN(Cc2ccccc2)CC1. The summed E-state index contributed by atoms with van der Waals surface area (Å²) in [6.07, 6.45) is 3.56. The molecule has 20 heavy (non-hydrogen) atoms. The van der Waals surface area contributed by atoms with Crippen LogP contribution in [0.2, 0.25) is 0 Å². The van der Waals surface area contributed by atoms with Crippen LogP contribution in [0.4, 0.5) is 4.79 Å². The highest BCUT2D eigenvalue weighted by Crippen LogP contribution is 2.18. The molecule has 0 spiro atoms. The summed E-state index contributed by atoms with van der Waals surface area (Å²) in [4.78, 5) is 16.4. The van der Waals surface area contributed by atoms with E-state index in [1.54, 1.807) is 0 Å². The van der Waals surface area contributed by atoms with Gasteiger partial charge in [-0.15, -0.1) is 0 Å². The average molecular weight is 273 g/mol. The molecule has 1 saturated heterocycles. The third-order valence-corrected chi connectivity index (χ3v) is 4.34. The monoisotopic (exact) mass is 273 g/mol. The third-order valence-electron chi connectivity index (χ3n) is 4.34. The van der Waals surface area contributed by atoms with Crippen LogP contribution in [-0.2, 0) is 6.54 Å².